The number of carbonyl (C=O) groups excluding carboxylic acids is 1. The van der Waals surface area contributed by atoms with Crippen molar-refractivity contribution in [2.24, 2.45) is 0 Å². The zero-order valence-corrected chi connectivity index (χ0v) is 14.7. The van der Waals surface area contributed by atoms with Gasteiger partial charge in [-0.2, -0.15) is 0 Å². The first-order valence-electron chi connectivity index (χ1n) is 8.91. The van der Waals surface area contributed by atoms with Gasteiger partial charge in [0.1, 0.15) is 12.2 Å². The van der Waals surface area contributed by atoms with E-state index in [1.54, 1.807) is 0 Å². The maximum absolute atomic E-state index is 12.7. The second-order valence-electron chi connectivity index (χ2n) is 6.80. The first kappa shape index (κ1) is 16.6. The molecule has 4 nitrogen and oxygen atoms in total. The molecule has 0 atom stereocenters. The monoisotopic (exact) mass is 348 g/mol. The smallest absolute Gasteiger partial charge is 0.336 e. The largest absolute Gasteiger partial charge is 0.460 e. The number of benzene rings is 2. The van der Waals surface area contributed by atoms with Gasteiger partial charge in [0.25, 0.3) is 0 Å². The Kier molecular flexibility index (Phi) is 4.11. The Morgan fingerprint density at radius 3 is 2.58 bits per heavy atom. The van der Waals surface area contributed by atoms with Gasteiger partial charge in [-0.15, -0.1) is 0 Å². The number of carbonyl (C=O) groups is 1. The Morgan fingerprint density at radius 1 is 1.12 bits per heavy atom. The fraction of sp³-hybridized carbons (Fsp3) is 0.273. The van der Waals surface area contributed by atoms with Crippen molar-refractivity contribution in [1.82, 2.24) is 0 Å². The zero-order valence-electron chi connectivity index (χ0n) is 14.7. The van der Waals surface area contributed by atoms with Gasteiger partial charge in [-0.1, -0.05) is 49.4 Å². The van der Waals surface area contributed by atoms with Crippen LogP contribution in [0.5, 0.6) is 0 Å². The maximum Gasteiger partial charge on any atom is 0.336 e. The van der Waals surface area contributed by atoms with Gasteiger partial charge >= 0.3 is 11.6 Å². The van der Waals surface area contributed by atoms with Gasteiger partial charge in [-0.05, 0) is 36.5 Å². The number of fused-ring (bicyclic) bond motifs is 1. The van der Waals surface area contributed by atoms with Gasteiger partial charge in [0, 0.05) is 17.0 Å². The second kappa shape index (κ2) is 6.45. The minimum atomic E-state index is -0.522. The second-order valence-corrected chi connectivity index (χ2v) is 6.80. The van der Waals surface area contributed by atoms with Gasteiger partial charge in [0.2, 0.25) is 0 Å². The van der Waals surface area contributed by atoms with Gasteiger partial charge < -0.3 is 9.15 Å². The van der Waals surface area contributed by atoms with Gasteiger partial charge in [-0.3, -0.25) is 4.79 Å². The third-order valence-corrected chi connectivity index (χ3v) is 5.13. The summed E-state index contributed by atoms with van der Waals surface area (Å²) in [5, 5.41) is 0.805. The summed E-state index contributed by atoms with van der Waals surface area (Å²) < 4.78 is 10.9. The van der Waals surface area contributed by atoms with Crippen LogP contribution in [0.4, 0.5) is 0 Å². The number of aryl methyl sites for hydroxylation is 1. The maximum atomic E-state index is 12.7. The van der Waals surface area contributed by atoms with Crippen LogP contribution in [0.3, 0.4) is 0 Å². The Hall–Kier alpha value is -2.88. The topological polar surface area (TPSA) is 56.5 Å². The molecule has 1 fully saturated rings. The molecule has 2 aromatic carbocycles. The lowest BCUT2D eigenvalue weighted by atomic mass is 9.96. The van der Waals surface area contributed by atoms with E-state index < -0.39 is 11.0 Å². The van der Waals surface area contributed by atoms with Crippen molar-refractivity contribution in [3.8, 4) is 0 Å². The van der Waals surface area contributed by atoms with Crippen molar-refractivity contribution in [3.05, 3.63) is 81.7 Å². The average molecular weight is 348 g/mol. The van der Waals surface area contributed by atoms with E-state index in [9.17, 15) is 9.59 Å². The van der Waals surface area contributed by atoms with E-state index in [2.05, 4.69) is 0 Å². The molecular weight excluding hydrogens is 328 g/mol. The van der Waals surface area contributed by atoms with Crippen LogP contribution >= 0.6 is 0 Å². The molecule has 3 aromatic rings. The Morgan fingerprint density at radius 2 is 1.88 bits per heavy atom. The number of hydrogen-bond donors (Lipinski definition) is 0. The van der Waals surface area contributed by atoms with Crippen LogP contribution in [0, 0.1) is 0 Å². The van der Waals surface area contributed by atoms with Crippen LogP contribution in [0.15, 0.2) is 63.8 Å². The van der Waals surface area contributed by atoms with Gasteiger partial charge in [0.05, 0.1) is 5.41 Å². The molecule has 4 heteroatoms. The van der Waals surface area contributed by atoms with Crippen LogP contribution < -0.4 is 5.63 Å². The molecule has 1 saturated carbocycles. The molecule has 1 aromatic heterocycles. The lowest BCUT2D eigenvalue weighted by Crippen LogP contribution is -2.23. The molecule has 1 heterocycles. The lowest BCUT2D eigenvalue weighted by molar-refractivity contribution is -0.148. The summed E-state index contributed by atoms with van der Waals surface area (Å²) in [5.41, 5.74) is 2.35. The third kappa shape index (κ3) is 2.92. The molecule has 0 saturated heterocycles. The summed E-state index contributed by atoms with van der Waals surface area (Å²) in [4.78, 5) is 24.6. The molecule has 0 aliphatic heterocycles. The zero-order chi connectivity index (χ0) is 18.1. The van der Waals surface area contributed by atoms with Crippen LogP contribution in [0.1, 0.15) is 36.5 Å². The third-order valence-electron chi connectivity index (χ3n) is 5.13. The highest BCUT2D eigenvalue weighted by molar-refractivity contribution is 5.87. The first-order valence-corrected chi connectivity index (χ1v) is 8.91. The molecule has 0 bridgehead atoms. The number of hydrogen-bond acceptors (Lipinski definition) is 4. The van der Waals surface area contributed by atoms with E-state index in [4.69, 9.17) is 9.15 Å². The molecule has 0 amide bonds. The highest BCUT2D eigenvalue weighted by Gasteiger charge is 2.52. The summed E-state index contributed by atoms with van der Waals surface area (Å²) in [6.45, 7) is 2.12. The van der Waals surface area contributed by atoms with E-state index >= 15 is 0 Å². The summed E-state index contributed by atoms with van der Waals surface area (Å²) in [6.07, 6.45) is 2.46. The van der Waals surface area contributed by atoms with E-state index in [0.717, 1.165) is 35.8 Å². The minimum Gasteiger partial charge on any atom is -0.460 e. The fourth-order valence-corrected chi connectivity index (χ4v) is 3.39. The minimum absolute atomic E-state index is 0.0704. The fourth-order valence-electron chi connectivity index (χ4n) is 3.39. The Bertz CT molecular complexity index is 1010. The van der Waals surface area contributed by atoms with Gasteiger partial charge in [0.15, 0.2) is 0 Å². The van der Waals surface area contributed by atoms with Crippen LogP contribution in [-0.2, 0) is 28.0 Å². The predicted molar refractivity (Wildman–Crippen MR) is 99.0 cm³/mol. The van der Waals surface area contributed by atoms with E-state index in [1.807, 2.05) is 55.5 Å². The molecule has 0 unspecified atom stereocenters. The van der Waals surface area contributed by atoms with Crippen molar-refractivity contribution in [1.29, 1.82) is 0 Å². The SMILES string of the molecule is CCc1ccc2c(COC(=O)C3(c4ccccc4)CC3)cc(=O)oc2c1. The standard InChI is InChI=1S/C22H20O4/c1-2-15-8-9-18-16(13-20(23)26-19(18)12-15)14-25-21(24)22(10-11-22)17-6-4-3-5-7-17/h3-9,12-13H,2,10-11,14H2,1H3. The molecule has 4 rings (SSSR count). The molecule has 1 aliphatic carbocycles. The van der Waals surface area contributed by atoms with Crippen molar-refractivity contribution in [3.63, 3.8) is 0 Å². The molecular formula is C22H20O4. The number of ether oxygens (including phenoxy) is 1. The predicted octanol–water partition coefficient (Wildman–Crippen LogP) is 4.13. The van der Waals surface area contributed by atoms with Crippen molar-refractivity contribution < 1.29 is 13.9 Å². The van der Waals surface area contributed by atoms with Crippen LogP contribution in [-0.4, -0.2) is 5.97 Å². The van der Waals surface area contributed by atoms with Crippen LogP contribution in [0.2, 0.25) is 0 Å². The van der Waals surface area contributed by atoms with E-state index in [1.165, 1.54) is 6.07 Å². The highest BCUT2D eigenvalue weighted by Crippen LogP contribution is 2.49. The highest BCUT2D eigenvalue weighted by atomic mass is 16.5. The summed E-state index contributed by atoms with van der Waals surface area (Å²) >= 11 is 0. The normalized spacial score (nSPS) is 15.0. The molecule has 1 aliphatic rings. The van der Waals surface area contributed by atoms with E-state index in [0.29, 0.717) is 11.1 Å². The average Bonchev–Trinajstić information content (AvgIpc) is 3.48. The summed E-state index contributed by atoms with van der Waals surface area (Å²) in [6, 6.07) is 16.9. The van der Waals surface area contributed by atoms with Gasteiger partial charge in [-0.25, -0.2) is 4.79 Å². The summed E-state index contributed by atoms with van der Waals surface area (Å²) in [7, 11) is 0. The summed E-state index contributed by atoms with van der Waals surface area (Å²) in [5.74, 6) is -0.227. The molecule has 26 heavy (non-hydrogen) atoms. The number of rotatable bonds is 5. The lowest BCUT2D eigenvalue weighted by Gasteiger charge is -2.15. The Labute approximate surface area is 151 Å². The first-order chi connectivity index (χ1) is 12.6. The van der Waals surface area contributed by atoms with Crippen LogP contribution in [0.25, 0.3) is 11.0 Å². The van der Waals surface area contributed by atoms with Crippen molar-refractivity contribution in [2.75, 3.05) is 0 Å². The quantitative estimate of drug-likeness (QED) is 0.514. The molecule has 132 valence electrons. The molecule has 0 spiro atoms. The number of esters is 1. The molecule has 0 N–H and O–H groups in total. The molecule has 0 radical (unpaired) electrons. The Balaban J connectivity index is 1.58. The van der Waals surface area contributed by atoms with E-state index in [-0.39, 0.29) is 12.6 Å². The van der Waals surface area contributed by atoms with Crippen molar-refractivity contribution >= 4 is 16.9 Å². The van der Waals surface area contributed by atoms with Crippen molar-refractivity contribution in [2.45, 2.75) is 38.2 Å².